The van der Waals surface area contributed by atoms with E-state index in [1.807, 2.05) is 12.1 Å². The van der Waals surface area contributed by atoms with E-state index >= 15 is 0 Å². The van der Waals surface area contributed by atoms with E-state index in [0.717, 1.165) is 18.4 Å². The fraction of sp³-hybridized carbons (Fsp3) is 0.286. The minimum atomic E-state index is -0.112. The molecular weight excluding hydrogens is 286 g/mol. The molecule has 1 fully saturated rings. The number of aromatic nitrogens is 4. The Balaban J connectivity index is 1.56. The number of tetrazole rings is 1. The molecule has 21 heavy (non-hydrogen) atoms. The van der Waals surface area contributed by atoms with E-state index in [-0.39, 0.29) is 11.7 Å². The number of rotatable bonds is 5. The lowest BCUT2D eigenvalue weighted by atomic mass is 10.2. The Kier molecular flexibility index (Phi) is 3.88. The van der Waals surface area contributed by atoms with Crippen molar-refractivity contribution >= 4 is 23.4 Å². The van der Waals surface area contributed by atoms with Crippen molar-refractivity contribution < 1.29 is 4.79 Å². The molecule has 1 aliphatic rings. The Hall–Kier alpha value is -2.33. The Labute approximate surface area is 126 Å². The first kappa shape index (κ1) is 13.6. The van der Waals surface area contributed by atoms with Gasteiger partial charge in [0.25, 0.3) is 0 Å². The summed E-state index contributed by atoms with van der Waals surface area (Å²) < 4.78 is 1.79. The number of carbonyl (C=O) groups excluding carboxylic acids is 1. The van der Waals surface area contributed by atoms with E-state index in [0.29, 0.717) is 16.9 Å². The number of nitrogens with one attached hydrogen (secondary N) is 1. The van der Waals surface area contributed by atoms with Crippen molar-refractivity contribution in [1.82, 2.24) is 20.2 Å². The molecule has 0 radical (unpaired) electrons. The number of hydrogen-bond acceptors (Lipinski definition) is 5. The third kappa shape index (κ3) is 3.41. The van der Waals surface area contributed by atoms with Gasteiger partial charge in [-0.1, -0.05) is 23.7 Å². The zero-order valence-corrected chi connectivity index (χ0v) is 12.0. The SMILES string of the molecule is C#Cc1cccc(NC(=O)CSc2nnnn2C2CC2)c1. The minimum Gasteiger partial charge on any atom is -0.325 e. The molecule has 1 aliphatic carbocycles. The quantitative estimate of drug-likeness (QED) is 0.672. The molecule has 0 saturated heterocycles. The molecule has 1 N–H and O–H groups in total. The average Bonchev–Trinajstić information content (AvgIpc) is 3.24. The van der Waals surface area contributed by atoms with Crippen LogP contribution in [0.4, 0.5) is 5.69 Å². The lowest BCUT2D eigenvalue weighted by Crippen LogP contribution is -2.14. The van der Waals surface area contributed by atoms with Crippen LogP contribution < -0.4 is 5.32 Å². The highest BCUT2D eigenvalue weighted by Gasteiger charge is 2.28. The molecule has 0 spiro atoms. The van der Waals surface area contributed by atoms with Gasteiger partial charge >= 0.3 is 0 Å². The molecule has 0 aliphatic heterocycles. The maximum atomic E-state index is 11.9. The van der Waals surface area contributed by atoms with Crippen LogP contribution in [0.3, 0.4) is 0 Å². The van der Waals surface area contributed by atoms with E-state index in [9.17, 15) is 4.79 Å². The Bertz CT molecular complexity index is 701. The molecule has 2 aromatic rings. The summed E-state index contributed by atoms with van der Waals surface area (Å²) in [5.74, 6) is 2.68. The van der Waals surface area contributed by atoms with Crippen molar-refractivity contribution in [3.05, 3.63) is 29.8 Å². The summed E-state index contributed by atoms with van der Waals surface area (Å²) in [6.45, 7) is 0. The van der Waals surface area contributed by atoms with Gasteiger partial charge in [0.15, 0.2) is 0 Å². The number of terminal acetylenes is 1. The number of anilines is 1. The second-order valence-corrected chi connectivity index (χ2v) is 5.64. The second-order valence-electron chi connectivity index (χ2n) is 4.70. The smallest absolute Gasteiger partial charge is 0.234 e. The summed E-state index contributed by atoms with van der Waals surface area (Å²) in [7, 11) is 0. The minimum absolute atomic E-state index is 0.112. The summed E-state index contributed by atoms with van der Waals surface area (Å²) in [5.41, 5.74) is 1.43. The van der Waals surface area contributed by atoms with Gasteiger partial charge in [-0.25, -0.2) is 4.68 Å². The fourth-order valence-corrected chi connectivity index (χ4v) is 2.59. The largest absolute Gasteiger partial charge is 0.325 e. The summed E-state index contributed by atoms with van der Waals surface area (Å²) >= 11 is 1.33. The Morgan fingerprint density at radius 1 is 1.52 bits per heavy atom. The van der Waals surface area contributed by atoms with Crippen molar-refractivity contribution in [2.24, 2.45) is 0 Å². The average molecular weight is 299 g/mol. The predicted molar refractivity (Wildman–Crippen MR) is 79.8 cm³/mol. The van der Waals surface area contributed by atoms with Crippen molar-refractivity contribution in [2.75, 3.05) is 11.1 Å². The van der Waals surface area contributed by atoms with Gasteiger partial charge in [-0.15, -0.1) is 11.5 Å². The van der Waals surface area contributed by atoms with Gasteiger partial charge in [-0.2, -0.15) is 0 Å². The topological polar surface area (TPSA) is 72.7 Å². The van der Waals surface area contributed by atoms with Crippen LogP contribution in [0, 0.1) is 12.3 Å². The van der Waals surface area contributed by atoms with Crippen LogP contribution in [-0.4, -0.2) is 31.9 Å². The molecule has 3 rings (SSSR count). The van der Waals surface area contributed by atoms with E-state index in [1.165, 1.54) is 11.8 Å². The van der Waals surface area contributed by atoms with Crippen LogP contribution in [0.15, 0.2) is 29.4 Å². The van der Waals surface area contributed by atoms with Gasteiger partial charge in [-0.3, -0.25) is 4.79 Å². The Morgan fingerprint density at radius 3 is 3.14 bits per heavy atom. The molecular formula is C14H13N5OS. The van der Waals surface area contributed by atoms with E-state index in [2.05, 4.69) is 26.8 Å². The first-order valence-corrected chi connectivity index (χ1v) is 7.52. The molecule has 0 bridgehead atoms. The number of carbonyl (C=O) groups is 1. The van der Waals surface area contributed by atoms with Crippen LogP contribution in [0.2, 0.25) is 0 Å². The van der Waals surface area contributed by atoms with Crippen LogP contribution in [0.1, 0.15) is 24.4 Å². The standard InChI is InChI=1S/C14H13N5OS/c1-2-10-4-3-5-11(8-10)15-13(20)9-21-14-16-17-18-19(14)12-6-7-12/h1,3-5,8,12H,6-7,9H2,(H,15,20). The van der Waals surface area contributed by atoms with Crippen molar-refractivity contribution in [2.45, 2.75) is 24.0 Å². The normalized spacial score (nSPS) is 13.7. The van der Waals surface area contributed by atoms with Gasteiger partial charge in [0.05, 0.1) is 11.8 Å². The molecule has 1 aromatic heterocycles. The van der Waals surface area contributed by atoms with Gasteiger partial charge in [-0.05, 0) is 41.5 Å². The number of amides is 1. The molecule has 1 saturated carbocycles. The lowest BCUT2D eigenvalue weighted by Gasteiger charge is -2.05. The van der Waals surface area contributed by atoms with Crippen molar-refractivity contribution in [1.29, 1.82) is 0 Å². The van der Waals surface area contributed by atoms with Crippen molar-refractivity contribution in [3.63, 3.8) is 0 Å². The third-order valence-corrected chi connectivity index (χ3v) is 3.93. The maximum Gasteiger partial charge on any atom is 0.234 e. The summed E-state index contributed by atoms with van der Waals surface area (Å²) in [6.07, 6.45) is 7.53. The van der Waals surface area contributed by atoms with Gasteiger partial charge in [0, 0.05) is 11.3 Å². The highest BCUT2D eigenvalue weighted by atomic mass is 32.2. The molecule has 1 aromatic carbocycles. The number of benzene rings is 1. The van der Waals surface area contributed by atoms with Gasteiger partial charge in [0.2, 0.25) is 11.1 Å². The molecule has 0 atom stereocenters. The molecule has 7 heteroatoms. The fourth-order valence-electron chi connectivity index (χ4n) is 1.84. The highest BCUT2D eigenvalue weighted by Crippen LogP contribution is 2.36. The predicted octanol–water partition coefficient (Wildman–Crippen LogP) is 1.72. The maximum absolute atomic E-state index is 11.9. The third-order valence-electron chi connectivity index (χ3n) is 3.00. The van der Waals surface area contributed by atoms with Crippen LogP contribution in [-0.2, 0) is 4.79 Å². The second kappa shape index (κ2) is 5.97. The zero-order valence-electron chi connectivity index (χ0n) is 11.2. The van der Waals surface area contributed by atoms with Gasteiger partial charge < -0.3 is 5.32 Å². The molecule has 1 amide bonds. The first-order chi connectivity index (χ1) is 10.3. The number of nitrogens with zero attached hydrogens (tertiary/aromatic N) is 4. The summed E-state index contributed by atoms with van der Waals surface area (Å²) in [5, 5.41) is 15.0. The van der Waals surface area contributed by atoms with Crippen LogP contribution >= 0.6 is 11.8 Å². The van der Waals surface area contributed by atoms with Crippen LogP contribution in [0.25, 0.3) is 0 Å². The molecule has 6 nitrogen and oxygen atoms in total. The van der Waals surface area contributed by atoms with E-state index < -0.39 is 0 Å². The highest BCUT2D eigenvalue weighted by molar-refractivity contribution is 7.99. The van der Waals surface area contributed by atoms with Gasteiger partial charge in [0.1, 0.15) is 0 Å². The van der Waals surface area contributed by atoms with E-state index in [1.54, 1.807) is 16.8 Å². The lowest BCUT2D eigenvalue weighted by molar-refractivity contribution is -0.113. The molecule has 0 unspecified atom stereocenters. The zero-order chi connectivity index (χ0) is 14.7. The first-order valence-electron chi connectivity index (χ1n) is 6.53. The van der Waals surface area contributed by atoms with E-state index in [4.69, 9.17) is 6.42 Å². The number of thioether (sulfide) groups is 1. The Morgan fingerprint density at radius 2 is 2.38 bits per heavy atom. The monoisotopic (exact) mass is 299 g/mol. The van der Waals surface area contributed by atoms with Crippen LogP contribution in [0.5, 0.6) is 0 Å². The van der Waals surface area contributed by atoms with Crippen molar-refractivity contribution in [3.8, 4) is 12.3 Å². The number of hydrogen-bond donors (Lipinski definition) is 1. The summed E-state index contributed by atoms with van der Waals surface area (Å²) in [6, 6.07) is 7.59. The molecule has 106 valence electrons. The summed E-state index contributed by atoms with van der Waals surface area (Å²) in [4.78, 5) is 11.9. The molecule has 1 heterocycles.